The molecule has 7 heteroatoms. The quantitative estimate of drug-likeness (QED) is 0.249. The van der Waals surface area contributed by atoms with Crippen molar-refractivity contribution in [3.05, 3.63) is 29.3 Å². The molecule has 1 aliphatic rings. The fraction of sp³-hybridized carbons (Fsp3) is 0.556. The molecule has 0 unspecified atom stereocenters. The number of benzene rings is 1. The fourth-order valence-electron chi connectivity index (χ4n) is 2.96. The van der Waals surface area contributed by atoms with Gasteiger partial charge in [0, 0.05) is 19.2 Å². The molecule has 0 radical (unpaired) electrons. The summed E-state index contributed by atoms with van der Waals surface area (Å²) in [6, 6.07) is 5.66. The van der Waals surface area contributed by atoms with Crippen molar-refractivity contribution in [2.24, 2.45) is 5.10 Å². The lowest BCUT2D eigenvalue weighted by Crippen LogP contribution is -3.11. The van der Waals surface area contributed by atoms with Gasteiger partial charge < -0.3 is 20.1 Å². The maximum atomic E-state index is 10.2. The van der Waals surface area contributed by atoms with Crippen LogP contribution in [0.1, 0.15) is 37.3 Å². The van der Waals surface area contributed by atoms with Crippen molar-refractivity contribution in [1.29, 1.82) is 0 Å². The first-order chi connectivity index (χ1) is 12.1. The Balaban J connectivity index is 1.96. The number of nitrogens with one attached hydrogen (secondary N) is 3. The third kappa shape index (κ3) is 6.61. The van der Waals surface area contributed by atoms with Gasteiger partial charge in [-0.15, -0.1) is 0 Å². The van der Waals surface area contributed by atoms with E-state index >= 15 is 0 Å². The minimum Gasteiger partial charge on any atom is -0.507 e. The zero-order valence-electron chi connectivity index (χ0n) is 15.1. The Morgan fingerprint density at radius 1 is 1.32 bits per heavy atom. The first-order valence-corrected chi connectivity index (χ1v) is 9.24. The van der Waals surface area contributed by atoms with Gasteiger partial charge >= 0.3 is 0 Å². The molecule has 1 saturated heterocycles. The second kappa shape index (κ2) is 10.3. The lowest BCUT2D eigenvalue weighted by Gasteiger charge is -2.24. The highest BCUT2D eigenvalue weighted by atomic mass is 32.1. The molecule has 1 heterocycles. The van der Waals surface area contributed by atoms with Gasteiger partial charge in [-0.2, -0.15) is 5.10 Å². The number of phenolic OH excluding ortho intramolecular Hbond substituents is 1. The van der Waals surface area contributed by atoms with Gasteiger partial charge in [0.2, 0.25) is 0 Å². The Morgan fingerprint density at radius 2 is 2.08 bits per heavy atom. The van der Waals surface area contributed by atoms with Crippen LogP contribution in [0.25, 0.3) is 0 Å². The number of aromatic hydroxyl groups is 1. The average Bonchev–Trinajstić information content (AvgIpc) is 2.62. The monoisotopic (exact) mass is 365 g/mol. The Bertz CT molecular complexity index is 601. The third-order valence-electron chi connectivity index (χ3n) is 4.42. The molecule has 2 rings (SSSR count). The van der Waals surface area contributed by atoms with Crippen molar-refractivity contribution in [1.82, 2.24) is 10.7 Å². The maximum absolute atomic E-state index is 10.2. The van der Waals surface area contributed by atoms with E-state index in [1.807, 2.05) is 19.1 Å². The van der Waals surface area contributed by atoms with Crippen LogP contribution in [0, 0.1) is 0 Å². The van der Waals surface area contributed by atoms with E-state index < -0.39 is 0 Å². The number of likely N-dealkylation sites (tertiary alicyclic amines) is 1. The van der Waals surface area contributed by atoms with Gasteiger partial charge in [0.25, 0.3) is 0 Å². The van der Waals surface area contributed by atoms with E-state index in [9.17, 15) is 5.11 Å². The molecule has 0 atom stereocenters. The van der Waals surface area contributed by atoms with Crippen molar-refractivity contribution < 1.29 is 14.7 Å². The van der Waals surface area contributed by atoms with Gasteiger partial charge in [0.05, 0.1) is 25.4 Å². The number of thiocarbonyl (C=S) groups is 1. The van der Waals surface area contributed by atoms with E-state index in [1.54, 1.807) is 13.2 Å². The molecule has 0 aliphatic carbocycles. The van der Waals surface area contributed by atoms with Gasteiger partial charge in [-0.25, -0.2) is 0 Å². The topological polar surface area (TPSA) is 70.3 Å². The molecule has 0 bridgehead atoms. The predicted molar refractivity (Wildman–Crippen MR) is 104 cm³/mol. The molecule has 0 aromatic heterocycles. The van der Waals surface area contributed by atoms with Crippen molar-refractivity contribution in [3.63, 3.8) is 0 Å². The number of nitrogens with zero attached hydrogens (tertiary/aromatic N) is 1. The summed E-state index contributed by atoms with van der Waals surface area (Å²) in [7, 11) is 1.65. The van der Waals surface area contributed by atoms with Crippen molar-refractivity contribution in [2.75, 3.05) is 33.4 Å². The normalized spacial score (nSPS) is 15.8. The maximum Gasteiger partial charge on any atom is 0.187 e. The van der Waals surface area contributed by atoms with Crippen molar-refractivity contribution in [3.8, 4) is 5.75 Å². The molecule has 0 amide bonds. The molecule has 6 nitrogen and oxygen atoms in total. The van der Waals surface area contributed by atoms with Crippen molar-refractivity contribution in [2.45, 2.75) is 32.7 Å². The predicted octanol–water partition coefficient (Wildman–Crippen LogP) is 0.796. The number of methoxy groups -OCH3 is 1. The van der Waals surface area contributed by atoms with E-state index in [4.69, 9.17) is 17.0 Å². The second-order valence-electron chi connectivity index (χ2n) is 6.39. The summed E-state index contributed by atoms with van der Waals surface area (Å²) >= 11 is 5.16. The number of hydrogen-bond acceptors (Lipinski definition) is 4. The standard InChI is InChI=1S/C18H28N4O2S/c1-14(20-21-18(25)19-8-11-24-2)15-6-7-17(23)16(12-15)13-22-9-4-3-5-10-22/h6-7,12,23H,3-5,8-11,13H2,1-2H3,(H2,19,21,25)/p+1/b20-14+. The largest absolute Gasteiger partial charge is 0.507 e. The van der Waals surface area contributed by atoms with E-state index in [0.29, 0.717) is 24.0 Å². The molecule has 1 aliphatic heterocycles. The minimum atomic E-state index is 0.360. The Kier molecular flexibility index (Phi) is 8.11. The number of rotatable bonds is 7. The zero-order chi connectivity index (χ0) is 18.1. The highest BCUT2D eigenvalue weighted by Gasteiger charge is 2.16. The lowest BCUT2D eigenvalue weighted by atomic mass is 10.0. The second-order valence-corrected chi connectivity index (χ2v) is 6.80. The van der Waals surface area contributed by atoms with E-state index in [1.165, 1.54) is 37.3 Å². The van der Waals surface area contributed by atoms with Crippen LogP contribution in [0.3, 0.4) is 0 Å². The first-order valence-electron chi connectivity index (χ1n) is 8.83. The highest BCUT2D eigenvalue weighted by molar-refractivity contribution is 7.80. The summed E-state index contributed by atoms with van der Waals surface area (Å²) < 4.78 is 4.96. The van der Waals surface area contributed by atoms with E-state index in [-0.39, 0.29) is 0 Å². The lowest BCUT2D eigenvalue weighted by molar-refractivity contribution is -0.918. The van der Waals surface area contributed by atoms with Gasteiger partial charge in [-0.1, -0.05) is 0 Å². The van der Waals surface area contributed by atoms with Gasteiger partial charge in [-0.3, -0.25) is 5.43 Å². The molecule has 138 valence electrons. The molecule has 4 N–H and O–H groups in total. The summed E-state index contributed by atoms with van der Waals surface area (Å²) in [5, 5.41) is 18.0. The third-order valence-corrected chi connectivity index (χ3v) is 4.65. The number of piperidine rings is 1. The Hall–Kier alpha value is -1.70. The SMILES string of the molecule is COCCNC(=S)N/N=C(\C)c1ccc(O)c(C[NH+]2CCCCC2)c1. The van der Waals surface area contributed by atoms with E-state index in [0.717, 1.165) is 23.4 Å². The van der Waals surface area contributed by atoms with E-state index in [2.05, 4.69) is 15.8 Å². The molecule has 1 aromatic rings. The van der Waals surface area contributed by atoms with Crippen LogP contribution in [0.2, 0.25) is 0 Å². The van der Waals surface area contributed by atoms with Crippen LogP contribution in [-0.2, 0) is 11.3 Å². The summed E-state index contributed by atoms with van der Waals surface area (Å²) in [5.74, 6) is 0.360. The van der Waals surface area contributed by atoms with Crippen LogP contribution >= 0.6 is 12.2 Å². The fourth-order valence-corrected chi connectivity index (χ4v) is 3.10. The van der Waals surface area contributed by atoms with Gasteiger partial charge in [0.15, 0.2) is 5.11 Å². The minimum absolute atomic E-state index is 0.360. The van der Waals surface area contributed by atoms with Crippen LogP contribution < -0.4 is 15.6 Å². The molecular formula is C18H29N4O2S+. The van der Waals surface area contributed by atoms with Crippen LogP contribution in [-0.4, -0.2) is 49.3 Å². The number of hydrogen-bond donors (Lipinski definition) is 4. The molecule has 25 heavy (non-hydrogen) atoms. The summed E-state index contributed by atoms with van der Waals surface area (Å²) in [6.45, 7) is 6.37. The summed E-state index contributed by atoms with van der Waals surface area (Å²) in [5.41, 5.74) is 5.62. The van der Waals surface area contributed by atoms with Crippen LogP contribution in [0.5, 0.6) is 5.75 Å². The summed E-state index contributed by atoms with van der Waals surface area (Å²) in [4.78, 5) is 1.54. The number of hydrazone groups is 1. The summed E-state index contributed by atoms with van der Waals surface area (Å²) in [6.07, 6.45) is 3.87. The van der Waals surface area contributed by atoms with Crippen LogP contribution in [0.15, 0.2) is 23.3 Å². The van der Waals surface area contributed by atoms with Gasteiger partial charge in [-0.05, 0) is 62.2 Å². The van der Waals surface area contributed by atoms with Crippen LogP contribution in [0.4, 0.5) is 0 Å². The number of phenols is 1. The molecule has 0 saturated carbocycles. The smallest absolute Gasteiger partial charge is 0.187 e. The molecule has 0 spiro atoms. The molecule has 1 aromatic carbocycles. The zero-order valence-corrected chi connectivity index (χ0v) is 15.9. The first kappa shape index (κ1) is 19.6. The average molecular weight is 366 g/mol. The molecular weight excluding hydrogens is 336 g/mol. The molecule has 1 fully saturated rings. The Labute approximate surface area is 155 Å². The number of ether oxygens (including phenoxy) is 1. The van der Waals surface area contributed by atoms with Gasteiger partial charge in [0.1, 0.15) is 12.3 Å². The Morgan fingerprint density at radius 3 is 2.80 bits per heavy atom. The van der Waals surface area contributed by atoms with Crippen molar-refractivity contribution >= 4 is 23.0 Å². The number of quaternary nitrogens is 1. The highest BCUT2D eigenvalue weighted by Crippen LogP contribution is 2.18.